The van der Waals surface area contributed by atoms with Crippen LogP contribution in [0.3, 0.4) is 0 Å². The number of nitrogens with zero attached hydrogens (tertiary/aromatic N) is 2. The minimum atomic E-state index is -0.408. The van der Waals surface area contributed by atoms with Gasteiger partial charge in [-0.2, -0.15) is 0 Å². The maximum atomic E-state index is 12.2. The molecule has 0 unspecified atom stereocenters. The molecule has 0 saturated carbocycles. The Kier molecular flexibility index (Phi) is 3.85. The SMILES string of the molecule is CNc1nnc(CC(=O)NC2(c3ccccc3)COC2)s1. The molecule has 7 heteroatoms. The van der Waals surface area contributed by atoms with Crippen LogP contribution in [0.25, 0.3) is 0 Å². The third-order valence-electron chi connectivity index (χ3n) is 3.39. The van der Waals surface area contributed by atoms with Gasteiger partial charge in [-0.25, -0.2) is 0 Å². The van der Waals surface area contributed by atoms with Crippen molar-refractivity contribution in [3.63, 3.8) is 0 Å². The summed E-state index contributed by atoms with van der Waals surface area (Å²) in [5.74, 6) is -0.0686. The molecule has 1 aliphatic heterocycles. The molecule has 1 aromatic carbocycles. The molecule has 1 saturated heterocycles. The minimum Gasteiger partial charge on any atom is -0.376 e. The van der Waals surface area contributed by atoms with E-state index in [0.29, 0.717) is 23.4 Å². The van der Waals surface area contributed by atoms with Gasteiger partial charge in [0.15, 0.2) is 0 Å². The first-order valence-electron chi connectivity index (χ1n) is 6.66. The number of benzene rings is 1. The van der Waals surface area contributed by atoms with E-state index in [1.54, 1.807) is 7.05 Å². The monoisotopic (exact) mass is 304 g/mol. The maximum absolute atomic E-state index is 12.2. The number of hydrogen-bond acceptors (Lipinski definition) is 6. The highest BCUT2D eigenvalue weighted by Gasteiger charge is 2.41. The molecular weight excluding hydrogens is 288 g/mol. The number of amides is 1. The molecule has 2 heterocycles. The highest BCUT2D eigenvalue weighted by atomic mass is 32.1. The molecular formula is C14H16N4O2S. The van der Waals surface area contributed by atoms with Crippen molar-refractivity contribution in [2.24, 2.45) is 0 Å². The molecule has 0 atom stereocenters. The average molecular weight is 304 g/mol. The molecule has 0 radical (unpaired) electrons. The van der Waals surface area contributed by atoms with Gasteiger partial charge in [-0.15, -0.1) is 10.2 Å². The highest BCUT2D eigenvalue weighted by molar-refractivity contribution is 7.15. The van der Waals surface area contributed by atoms with E-state index in [4.69, 9.17) is 4.74 Å². The summed E-state index contributed by atoms with van der Waals surface area (Å²) in [5, 5.41) is 15.3. The van der Waals surface area contributed by atoms with E-state index in [-0.39, 0.29) is 12.3 Å². The predicted octanol–water partition coefficient (Wildman–Crippen LogP) is 1.16. The third-order valence-corrected chi connectivity index (χ3v) is 4.34. The number of nitrogens with one attached hydrogen (secondary N) is 2. The number of anilines is 1. The second-order valence-electron chi connectivity index (χ2n) is 4.92. The van der Waals surface area contributed by atoms with Gasteiger partial charge in [0, 0.05) is 7.05 Å². The van der Waals surface area contributed by atoms with Crippen LogP contribution in [-0.2, 0) is 21.5 Å². The van der Waals surface area contributed by atoms with Crippen LogP contribution in [0, 0.1) is 0 Å². The van der Waals surface area contributed by atoms with Crippen LogP contribution in [0.1, 0.15) is 10.6 Å². The van der Waals surface area contributed by atoms with Crippen LogP contribution in [0.15, 0.2) is 30.3 Å². The molecule has 1 fully saturated rings. The molecule has 21 heavy (non-hydrogen) atoms. The van der Waals surface area contributed by atoms with Crippen molar-refractivity contribution in [3.05, 3.63) is 40.9 Å². The van der Waals surface area contributed by atoms with Gasteiger partial charge in [0.2, 0.25) is 11.0 Å². The van der Waals surface area contributed by atoms with Gasteiger partial charge >= 0.3 is 0 Å². The maximum Gasteiger partial charge on any atom is 0.227 e. The quantitative estimate of drug-likeness (QED) is 0.867. The van der Waals surface area contributed by atoms with Gasteiger partial charge in [0.05, 0.1) is 19.6 Å². The molecule has 0 spiro atoms. The van der Waals surface area contributed by atoms with E-state index in [0.717, 1.165) is 5.56 Å². The Bertz CT molecular complexity index is 625. The van der Waals surface area contributed by atoms with Crippen molar-refractivity contribution in [2.45, 2.75) is 12.0 Å². The topological polar surface area (TPSA) is 76.1 Å². The molecule has 0 aliphatic carbocycles. The Hall–Kier alpha value is -1.99. The highest BCUT2D eigenvalue weighted by Crippen LogP contribution is 2.29. The molecule has 2 N–H and O–H groups in total. The first-order chi connectivity index (χ1) is 10.2. The van der Waals surface area contributed by atoms with Gasteiger partial charge < -0.3 is 15.4 Å². The number of carbonyl (C=O) groups is 1. The Balaban J connectivity index is 1.68. The average Bonchev–Trinajstić information content (AvgIpc) is 2.91. The summed E-state index contributed by atoms with van der Waals surface area (Å²) < 4.78 is 5.32. The molecule has 3 rings (SSSR count). The molecule has 1 amide bonds. The fourth-order valence-corrected chi connectivity index (χ4v) is 2.94. The molecule has 0 bridgehead atoms. The summed E-state index contributed by atoms with van der Waals surface area (Å²) in [6.45, 7) is 1.00. The Morgan fingerprint density at radius 3 is 2.67 bits per heavy atom. The summed E-state index contributed by atoms with van der Waals surface area (Å²) in [4.78, 5) is 12.2. The first-order valence-corrected chi connectivity index (χ1v) is 7.48. The summed E-state index contributed by atoms with van der Waals surface area (Å²) in [6.07, 6.45) is 0.230. The van der Waals surface area contributed by atoms with E-state index < -0.39 is 5.54 Å². The van der Waals surface area contributed by atoms with Crippen molar-refractivity contribution in [1.29, 1.82) is 0 Å². The lowest BCUT2D eigenvalue weighted by atomic mass is 9.88. The lowest BCUT2D eigenvalue weighted by Gasteiger charge is -2.42. The van der Waals surface area contributed by atoms with Crippen LogP contribution in [0.4, 0.5) is 5.13 Å². The summed E-state index contributed by atoms with van der Waals surface area (Å²) in [7, 11) is 1.78. The number of rotatable bonds is 5. The van der Waals surface area contributed by atoms with Crippen LogP contribution < -0.4 is 10.6 Å². The molecule has 2 aromatic rings. The van der Waals surface area contributed by atoms with E-state index in [2.05, 4.69) is 20.8 Å². The van der Waals surface area contributed by atoms with Gasteiger partial charge in [-0.1, -0.05) is 41.7 Å². The molecule has 1 aliphatic rings. The summed E-state index contributed by atoms with van der Waals surface area (Å²) >= 11 is 1.38. The first kappa shape index (κ1) is 14.0. The molecule has 6 nitrogen and oxygen atoms in total. The van der Waals surface area contributed by atoms with Crippen molar-refractivity contribution in [2.75, 3.05) is 25.6 Å². The Morgan fingerprint density at radius 2 is 2.10 bits per heavy atom. The van der Waals surface area contributed by atoms with Crippen molar-refractivity contribution >= 4 is 22.4 Å². The van der Waals surface area contributed by atoms with Gasteiger partial charge in [-0.3, -0.25) is 4.79 Å². The van der Waals surface area contributed by atoms with Crippen molar-refractivity contribution < 1.29 is 9.53 Å². The largest absolute Gasteiger partial charge is 0.376 e. The van der Waals surface area contributed by atoms with Crippen LogP contribution in [0.5, 0.6) is 0 Å². The van der Waals surface area contributed by atoms with Crippen molar-refractivity contribution in [3.8, 4) is 0 Å². The second kappa shape index (κ2) is 5.79. The standard InChI is InChI=1S/C14H16N4O2S/c1-15-13-18-17-12(21-13)7-11(19)16-14(8-20-9-14)10-5-3-2-4-6-10/h2-6H,7-9H2,1H3,(H,15,18)(H,16,19). The van der Waals surface area contributed by atoms with Crippen LogP contribution in [-0.4, -0.2) is 36.4 Å². The Morgan fingerprint density at radius 1 is 1.33 bits per heavy atom. The number of hydrogen-bond donors (Lipinski definition) is 2. The zero-order valence-electron chi connectivity index (χ0n) is 11.6. The zero-order valence-corrected chi connectivity index (χ0v) is 12.4. The van der Waals surface area contributed by atoms with E-state index in [1.807, 2.05) is 30.3 Å². The fourth-order valence-electron chi connectivity index (χ4n) is 2.25. The van der Waals surface area contributed by atoms with Crippen molar-refractivity contribution in [1.82, 2.24) is 15.5 Å². The predicted molar refractivity (Wildman–Crippen MR) is 80.2 cm³/mol. The number of carbonyl (C=O) groups excluding carboxylic acids is 1. The molecule has 1 aromatic heterocycles. The normalized spacial score (nSPS) is 16.0. The Labute approximate surface area is 126 Å². The molecule has 110 valence electrons. The lowest BCUT2D eigenvalue weighted by Crippen LogP contribution is -2.59. The summed E-state index contributed by atoms with van der Waals surface area (Å²) in [6, 6.07) is 9.90. The smallest absolute Gasteiger partial charge is 0.227 e. The van der Waals surface area contributed by atoms with Crippen LogP contribution in [0.2, 0.25) is 0 Å². The number of aromatic nitrogens is 2. The van der Waals surface area contributed by atoms with E-state index in [9.17, 15) is 4.79 Å². The second-order valence-corrected chi connectivity index (χ2v) is 5.98. The van der Waals surface area contributed by atoms with Gasteiger partial charge in [-0.05, 0) is 5.56 Å². The van der Waals surface area contributed by atoms with Crippen LogP contribution >= 0.6 is 11.3 Å². The van der Waals surface area contributed by atoms with Gasteiger partial charge in [0.25, 0.3) is 0 Å². The number of ether oxygens (including phenoxy) is 1. The van der Waals surface area contributed by atoms with Gasteiger partial charge in [0.1, 0.15) is 10.5 Å². The lowest BCUT2D eigenvalue weighted by molar-refractivity contribution is -0.133. The zero-order chi connectivity index (χ0) is 14.7. The van der Waals surface area contributed by atoms with E-state index in [1.165, 1.54) is 11.3 Å². The third kappa shape index (κ3) is 2.88. The van der Waals surface area contributed by atoms with E-state index >= 15 is 0 Å². The fraction of sp³-hybridized carbons (Fsp3) is 0.357. The summed E-state index contributed by atoms with van der Waals surface area (Å²) in [5.41, 5.74) is 0.660. The minimum absolute atomic E-state index is 0.0686.